The van der Waals surface area contributed by atoms with Crippen LogP contribution in [-0.4, -0.2) is 44.2 Å². The van der Waals surface area contributed by atoms with E-state index in [-0.39, 0.29) is 0 Å². The highest BCUT2D eigenvalue weighted by molar-refractivity contribution is 6.52. The Bertz CT molecular complexity index is 688. The first-order valence-electron chi connectivity index (χ1n) is 8.83. The molecule has 0 bridgehead atoms. The Labute approximate surface area is 141 Å². The molecule has 1 fully saturated rings. The molecule has 1 aromatic carbocycles. The summed E-state index contributed by atoms with van der Waals surface area (Å²) in [5, 5.41) is 0. The van der Waals surface area contributed by atoms with Gasteiger partial charge in [-0.3, -0.25) is 14.5 Å². The van der Waals surface area contributed by atoms with Crippen molar-refractivity contribution in [2.75, 3.05) is 31.3 Å². The van der Waals surface area contributed by atoms with E-state index in [0.29, 0.717) is 48.7 Å². The Hall–Kier alpha value is -2.08. The number of nitrogens with zero attached hydrogens (tertiary/aromatic N) is 1. The highest BCUT2D eigenvalue weighted by atomic mass is 16.6. The van der Waals surface area contributed by atoms with Crippen LogP contribution in [0.4, 0.5) is 5.69 Å². The maximum absolute atomic E-state index is 12.5. The fraction of sp³-hybridized carbons (Fsp3) is 0.556. The van der Waals surface area contributed by atoms with Crippen molar-refractivity contribution in [2.24, 2.45) is 0 Å². The number of anilines is 1. The van der Waals surface area contributed by atoms with Crippen molar-refractivity contribution >= 4 is 17.4 Å². The van der Waals surface area contributed by atoms with Gasteiger partial charge in [0, 0.05) is 6.07 Å². The molecular weight excluding hydrogens is 308 g/mol. The van der Waals surface area contributed by atoms with Gasteiger partial charge in [0.25, 0.3) is 5.78 Å². The number of benzene rings is 1. The van der Waals surface area contributed by atoms with Crippen LogP contribution in [0.2, 0.25) is 0 Å². The lowest BCUT2D eigenvalue weighted by atomic mass is 10.0. The first-order valence-corrected chi connectivity index (χ1v) is 8.83. The van der Waals surface area contributed by atoms with Crippen LogP contribution in [0.25, 0.3) is 0 Å². The molecule has 4 rings (SSSR count). The minimum Gasteiger partial charge on any atom is -0.486 e. The zero-order valence-corrected chi connectivity index (χ0v) is 14.0. The van der Waals surface area contributed by atoms with E-state index in [1.165, 1.54) is 24.2 Å². The lowest BCUT2D eigenvalue weighted by Gasteiger charge is -2.34. The van der Waals surface area contributed by atoms with Gasteiger partial charge < -0.3 is 14.4 Å². The molecule has 1 aromatic rings. The van der Waals surface area contributed by atoms with Crippen LogP contribution < -0.4 is 19.3 Å². The van der Waals surface area contributed by atoms with Crippen LogP contribution in [0.5, 0.6) is 11.5 Å². The van der Waals surface area contributed by atoms with Crippen molar-refractivity contribution < 1.29 is 24.0 Å². The molecule has 6 nitrogen and oxygen atoms in total. The molecular formula is C18H23N2O4+. The van der Waals surface area contributed by atoms with Gasteiger partial charge in [0.2, 0.25) is 0 Å². The number of carbonyl (C=O) groups excluding carboxylic acids is 2. The third kappa shape index (κ3) is 2.45. The maximum atomic E-state index is 12.5. The summed E-state index contributed by atoms with van der Waals surface area (Å²) in [5.74, 6) is 0.305. The van der Waals surface area contributed by atoms with Gasteiger partial charge in [-0.15, -0.1) is 0 Å². The van der Waals surface area contributed by atoms with E-state index in [1.54, 1.807) is 17.0 Å². The lowest BCUT2D eigenvalue weighted by molar-refractivity contribution is -0.929. The number of carbonyl (C=O) groups is 2. The summed E-state index contributed by atoms with van der Waals surface area (Å²) < 4.78 is 11.2. The SMILES string of the molecule is CC[C@@H]1CCCC[NH+]1CN1C(=O)C(=O)c2cc3c(cc21)OCCO3. The number of fused-ring (bicyclic) bond motifs is 2. The Morgan fingerprint density at radius 1 is 1.17 bits per heavy atom. The van der Waals surface area contributed by atoms with Gasteiger partial charge in [-0.1, -0.05) is 6.92 Å². The highest BCUT2D eigenvalue weighted by Gasteiger charge is 2.40. The molecule has 24 heavy (non-hydrogen) atoms. The molecule has 0 aromatic heterocycles. The van der Waals surface area contributed by atoms with Crippen LogP contribution >= 0.6 is 0 Å². The molecule has 1 saturated heterocycles. The summed E-state index contributed by atoms with van der Waals surface area (Å²) in [6.45, 7) is 4.76. The average Bonchev–Trinajstić information content (AvgIpc) is 2.85. The van der Waals surface area contributed by atoms with E-state index in [0.717, 1.165) is 13.0 Å². The van der Waals surface area contributed by atoms with Crippen molar-refractivity contribution in [2.45, 2.75) is 38.6 Å². The third-order valence-corrected chi connectivity index (χ3v) is 5.37. The zero-order chi connectivity index (χ0) is 16.7. The van der Waals surface area contributed by atoms with Gasteiger partial charge in [-0.05, 0) is 31.7 Å². The Balaban J connectivity index is 1.65. The van der Waals surface area contributed by atoms with Gasteiger partial charge in [0.05, 0.1) is 23.8 Å². The number of hydrogen-bond donors (Lipinski definition) is 1. The van der Waals surface area contributed by atoms with Gasteiger partial charge in [0.1, 0.15) is 13.2 Å². The topological polar surface area (TPSA) is 60.3 Å². The summed E-state index contributed by atoms with van der Waals surface area (Å²) in [4.78, 5) is 27.9. The smallest absolute Gasteiger partial charge is 0.303 e. The summed E-state index contributed by atoms with van der Waals surface area (Å²) >= 11 is 0. The number of likely N-dealkylation sites (tertiary alicyclic amines) is 1. The van der Waals surface area contributed by atoms with Gasteiger partial charge in [-0.25, -0.2) is 0 Å². The van der Waals surface area contributed by atoms with Crippen LogP contribution in [-0.2, 0) is 4.79 Å². The second kappa shape index (κ2) is 6.09. The van der Waals surface area contributed by atoms with Crippen LogP contribution in [0.1, 0.15) is 43.0 Å². The summed E-state index contributed by atoms with van der Waals surface area (Å²) in [7, 11) is 0. The number of amides is 1. The van der Waals surface area contributed by atoms with E-state index in [9.17, 15) is 9.59 Å². The molecule has 1 unspecified atom stereocenters. The number of hydrogen-bond acceptors (Lipinski definition) is 4. The molecule has 0 spiro atoms. The third-order valence-electron chi connectivity index (χ3n) is 5.37. The van der Waals surface area contributed by atoms with Crippen molar-refractivity contribution in [1.82, 2.24) is 0 Å². The molecule has 6 heteroatoms. The molecule has 2 atom stereocenters. The minimum absolute atomic E-state index is 0.430. The molecule has 3 heterocycles. The van der Waals surface area contributed by atoms with Gasteiger partial charge >= 0.3 is 5.91 Å². The lowest BCUT2D eigenvalue weighted by Crippen LogP contribution is -3.18. The molecule has 1 amide bonds. The number of nitrogens with one attached hydrogen (secondary N) is 1. The normalized spacial score (nSPS) is 25.8. The molecule has 3 aliphatic heterocycles. The number of quaternary nitrogens is 1. The van der Waals surface area contributed by atoms with Crippen molar-refractivity contribution in [1.29, 1.82) is 0 Å². The minimum atomic E-state index is -0.438. The first-order chi connectivity index (χ1) is 11.7. The quantitative estimate of drug-likeness (QED) is 0.832. The van der Waals surface area contributed by atoms with E-state index < -0.39 is 11.7 Å². The summed E-state index contributed by atoms with van der Waals surface area (Å²) in [5.41, 5.74) is 1.11. The van der Waals surface area contributed by atoms with Crippen LogP contribution in [0.15, 0.2) is 12.1 Å². The molecule has 128 valence electrons. The monoisotopic (exact) mass is 331 g/mol. The molecule has 0 saturated carbocycles. The van der Waals surface area contributed by atoms with Crippen LogP contribution in [0, 0.1) is 0 Å². The Kier molecular flexibility index (Phi) is 3.92. The van der Waals surface area contributed by atoms with E-state index in [2.05, 4.69) is 6.92 Å². The average molecular weight is 331 g/mol. The number of Topliss-reactive ketones (excluding diaryl/α,β-unsaturated/α-hetero) is 1. The van der Waals surface area contributed by atoms with E-state index in [4.69, 9.17) is 9.47 Å². The molecule has 0 radical (unpaired) electrons. The maximum Gasteiger partial charge on any atom is 0.303 e. The van der Waals surface area contributed by atoms with Crippen molar-refractivity contribution in [3.8, 4) is 11.5 Å². The predicted molar refractivity (Wildman–Crippen MR) is 87.9 cm³/mol. The fourth-order valence-corrected chi connectivity index (χ4v) is 4.04. The Morgan fingerprint density at radius 2 is 1.92 bits per heavy atom. The number of ether oxygens (including phenoxy) is 2. The van der Waals surface area contributed by atoms with Crippen molar-refractivity contribution in [3.05, 3.63) is 17.7 Å². The molecule has 0 aliphatic carbocycles. The van der Waals surface area contributed by atoms with Gasteiger partial charge in [0.15, 0.2) is 18.2 Å². The molecule has 1 N–H and O–H groups in total. The summed E-state index contributed by atoms with van der Waals surface area (Å²) in [6, 6.07) is 4.01. The number of ketones is 1. The van der Waals surface area contributed by atoms with E-state index >= 15 is 0 Å². The highest BCUT2D eigenvalue weighted by Crippen LogP contribution is 2.40. The predicted octanol–water partition coefficient (Wildman–Crippen LogP) is 0.792. The second-order valence-corrected chi connectivity index (χ2v) is 6.74. The van der Waals surface area contributed by atoms with E-state index in [1.807, 2.05) is 0 Å². The number of piperidine rings is 1. The Morgan fingerprint density at radius 3 is 2.67 bits per heavy atom. The first kappa shape index (κ1) is 15.4. The van der Waals surface area contributed by atoms with Crippen molar-refractivity contribution in [3.63, 3.8) is 0 Å². The second-order valence-electron chi connectivity index (χ2n) is 6.74. The zero-order valence-electron chi connectivity index (χ0n) is 14.0. The standard InChI is InChI=1S/C18H22N2O4/c1-2-12-5-3-4-6-19(12)11-20-14-10-16-15(23-7-8-24-16)9-13(14)17(21)18(20)22/h9-10,12H,2-8,11H2,1H3/p+1/t12-/m1/s1. The van der Waals surface area contributed by atoms with Gasteiger partial charge in [-0.2, -0.15) is 0 Å². The fourth-order valence-electron chi connectivity index (χ4n) is 4.04. The molecule has 3 aliphatic rings. The summed E-state index contributed by atoms with van der Waals surface area (Å²) in [6.07, 6.45) is 4.72. The number of rotatable bonds is 3. The van der Waals surface area contributed by atoms with Crippen LogP contribution in [0.3, 0.4) is 0 Å². The largest absolute Gasteiger partial charge is 0.486 e.